The highest BCUT2D eigenvalue weighted by Crippen LogP contribution is 2.26. The van der Waals surface area contributed by atoms with Crippen molar-refractivity contribution in [1.82, 2.24) is 15.3 Å². The van der Waals surface area contributed by atoms with Gasteiger partial charge in [0.25, 0.3) is 0 Å². The molecule has 1 heterocycles. The average molecular weight is 350 g/mol. The van der Waals surface area contributed by atoms with E-state index in [4.69, 9.17) is 4.74 Å². The highest BCUT2D eigenvalue weighted by molar-refractivity contribution is 9.10. The Kier molecular flexibility index (Phi) is 6.14. The zero-order valence-electron chi connectivity index (χ0n) is 12.3. The van der Waals surface area contributed by atoms with Gasteiger partial charge in [-0.25, -0.2) is 4.98 Å². The second-order valence-electron chi connectivity index (χ2n) is 4.75. The van der Waals surface area contributed by atoms with Crippen molar-refractivity contribution < 1.29 is 4.74 Å². The maximum Gasteiger partial charge on any atom is 0.237 e. The second kappa shape index (κ2) is 8.10. The maximum absolute atomic E-state index is 5.35. The Hall–Kier alpha value is -1.46. The summed E-state index contributed by atoms with van der Waals surface area (Å²) in [6.45, 7) is 3.07. The molecule has 0 saturated carbocycles. The summed E-state index contributed by atoms with van der Waals surface area (Å²) in [5, 5.41) is 3.53. The van der Waals surface area contributed by atoms with Gasteiger partial charge in [-0.05, 0) is 31.0 Å². The zero-order chi connectivity index (χ0) is 15.1. The highest BCUT2D eigenvalue weighted by Gasteiger charge is 2.19. The fraction of sp³-hybridized carbons (Fsp3) is 0.375. The molecule has 2 aromatic rings. The van der Waals surface area contributed by atoms with Gasteiger partial charge >= 0.3 is 0 Å². The minimum absolute atomic E-state index is 0.0762. The van der Waals surface area contributed by atoms with Gasteiger partial charge < -0.3 is 10.1 Å². The zero-order valence-corrected chi connectivity index (χ0v) is 13.9. The van der Waals surface area contributed by atoms with Crippen molar-refractivity contribution in [2.45, 2.75) is 25.8 Å². The van der Waals surface area contributed by atoms with Gasteiger partial charge in [0.05, 0.1) is 13.2 Å². The third-order valence-electron chi connectivity index (χ3n) is 3.24. The van der Waals surface area contributed by atoms with E-state index < -0.39 is 0 Å². The number of halogens is 1. The fourth-order valence-electron chi connectivity index (χ4n) is 2.20. The van der Waals surface area contributed by atoms with E-state index in [1.165, 1.54) is 5.56 Å². The number of nitrogens with one attached hydrogen (secondary N) is 1. The smallest absolute Gasteiger partial charge is 0.237 e. The molecule has 1 unspecified atom stereocenters. The summed E-state index contributed by atoms with van der Waals surface area (Å²) in [5.74, 6) is 0.582. The van der Waals surface area contributed by atoms with Crippen LogP contribution in [0.2, 0.25) is 0 Å². The number of rotatable bonds is 7. The third-order valence-corrected chi connectivity index (χ3v) is 4.01. The molecule has 1 N–H and O–H groups in total. The first kappa shape index (κ1) is 15.9. The van der Waals surface area contributed by atoms with Gasteiger partial charge in [-0.1, -0.05) is 41.1 Å². The summed E-state index contributed by atoms with van der Waals surface area (Å²) in [6.07, 6.45) is 5.25. The molecule has 0 bridgehead atoms. The molecule has 0 aliphatic heterocycles. The Morgan fingerprint density at radius 2 is 2.00 bits per heavy atom. The molecule has 1 atom stereocenters. The molecule has 0 radical (unpaired) electrons. The molecular formula is C16H20BrN3O. The largest absolute Gasteiger partial charge is 0.480 e. The Morgan fingerprint density at radius 3 is 2.71 bits per heavy atom. The van der Waals surface area contributed by atoms with E-state index in [-0.39, 0.29) is 6.04 Å². The van der Waals surface area contributed by atoms with Crippen LogP contribution in [0.25, 0.3) is 0 Å². The molecule has 112 valence electrons. The standard InChI is InChI=1S/C16H20BrN3O/c1-3-8-18-14(11-12-6-4-5-7-13(12)17)15-16(21-2)20-10-9-19-15/h4-7,9-10,14,18H,3,8,11H2,1-2H3. The number of nitrogens with zero attached hydrogens (tertiary/aromatic N) is 2. The lowest BCUT2D eigenvalue weighted by Gasteiger charge is -2.20. The lowest BCUT2D eigenvalue weighted by Crippen LogP contribution is -2.26. The first-order chi connectivity index (χ1) is 10.3. The van der Waals surface area contributed by atoms with E-state index in [2.05, 4.69) is 50.3 Å². The predicted octanol–water partition coefficient (Wildman–Crippen LogP) is 3.53. The Bertz CT molecular complexity index is 577. The fourth-order valence-corrected chi connectivity index (χ4v) is 2.65. The third kappa shape index (κ3) is 4.25. The summed E-state index contributed by atoms with van der Waals surface area (Å²) >= 11 is 3.61. The molecule has 1 aromatic carbocycles. The van der Waals surface area contributed by atoms with Crippen molar-refractivity contribution >= 4 is 15.9 Å². The average Bonchev–Trinajstić information content (AvgIpc) is 2.53. The summed E-state index contributed by atoms with van der Waals surface area (Å²) in [4.78, 5) is 8.72. The van der Waals surface area contributed by atoms with Crippen molar-refractivity contribution in [2.75, 3.05) is 13.7 Å². The second-order valence-corrected chi connectivity index (χ2v) is 5.61. The van der Waals surface area contributed by atoms with Crippen LogP contribution in [0.1, 0.15) is 30.6 Å². The van der Waals surface area contributed by atoms with Crippen LogP contribution in [0.5, 0.6) is 5.88 Å². The van der Waals surface area contributed by atoms with Gasteiger partial charge in [0.2, 0.25) is 5.88 Å². The summed E-state index contributed by atoms with van der Waals surface area (Å²) in [5.41, 5.74) is 2.09. The molecule has 4 nitrogen and oxygen atoms in total. The highest BCUT2D eigenvalue weighted by atomic mass is 79.9. The lowest BCUT2D eigenvalue weighted by molar-refractivity contribution is 0.376. The van der Waals surface area contributed by atoms with Crippen LogP contribution in [0.4, 0.5) is 0 Å². The van der Waals surface area contributed by atoms with E-state index in [0.29, 0.717) is 5.88 Å². The van der Waals surface area contributed by atoms with E-state index in [1.54, 1.807) is 19.5 Å². The molecule has 1 aromatic heterocycles. The Morgan fingerprint density at radius 1 is 1.24 bits per heavy atom. The first-order valence-electron chi connectivity index (χ1n) is 7.08. The normalized spacial score (nSPS) is 12.1. The quantitative estimate of drug-likeness (QED) is 0.830. The number of hydrogen-bond acceptors (Lipinski definition) is 4. The number of hydrogen-bond donors (Lipinski definition) is 1. The van der Waals surface area contributed by atoms with Crippen LogP contribution in [0.15, 0.2) is 41.1 Å². The molecule has 0 aliphatic carbocycles. The van der Waals surface area contributed by atoms with Crippen molar-refractivity contribution in [3.05, 3.63) is 52.4 Å². The van der Waals surface area contributed by atoms with E-state index in [0.717, 1.165) is 29.6 Å². The Labute approximate surface area is 134 Å². The monoisotopic (exact) mass is 349 g/mol. The molecule has 0 saturated heterocycles. The molecule has 0 spiro atoms. The molecule has 0 amide bonds. The van der Waals surface area contributed by atoms with E-state index in [9.17, 15) is 0 Å². The van der Waals surface area contributed by atoms with Gasteiger partial charge in [0.1, 0.15) is 5.69 Å². The van der Waals surface area contributed by atoms with Gasteiger partial charge in [-0.15, -0.1) is 0 Å². The molecule has 21 heavy (non-hydrogen) atoms. The summed E-state index contributed by atoms with van der Waals surface area (Å²) < 4.78 is 6.46. The molecule has 0 fully saturated rings. The number of ether oxygens (including phenoxy) is 1. The van der Waals surface area contributed by atoms with Crippen LogP contribution in [-0.4, -0.2) is 23.6 Å². The molecule has 5 heteroatoms. The first-order valence-corrected chi connectivity index (χ1v) is 7.87. The van der Waals surface area contributed by atoms with Gasteiger partial charge in [-0.3, -0.25) is 4.98 Å². The van der Waals surface area contributed by atoms with Crippen molar-refractivity contribution in [3.63, 3.8) is 0 Å². The molecule has 0 aliphatic rings. The maximum atomic E-state index is 5.35. The number of benzene rings is 1. The molecular weight excluding hydrogens is 330 g/mol. The SMILES string of the molecule is CCCNC(Cc1ccccc1Br)c1nccnc1OC. The van der Waals surface area contributed by atoms with Crippen LogP contribution >= 0.6 is 15.9 Å². The van der Waals surface area contributed by atoms with Gasteiger partial charge in [0.15, 0.2) is 0 Å². The van der Waals surface area contributed by atoms with Crippen molar-refractivity contribution in [3.8, 4) is 5.88 Å². The van der Waals surface area contributed by atoms with Crippen LogP contribution in [-0.2, 0) is 6.42 Å². The lowest BCUT2D eigenvalue weighted by atomic mass is 10.0. The van der Waals surface area contributed by atoms with Gasteiger partial charge in [0, 0.05) is 16.9 Å². The summed E-state index contributed by atoms with van der Waals surface area (Å²) in [7, 11) is 1.63. The summed E-state index contributed by atoms with van der Waals surface area (Å²) in [6, 6.07) is 8.32. The topological polar surface area (TPSA) is 47.0 Å². The Balaban J connectivity index is 2.28. The predicted molar refractivity (Wildman–Crippen MR) is 87.5 cm³/mol. The van der Waals surface area contributed by atoms with Crippen LogP contribution in [0, 0.1) is 0 Å². The van der Waals surface area contributed by atoms with Crippen molar-refractivity contribution in [2.24, 2.45) is 0 Å². The van der Waals surface area contributed by atoms with E-state index >= 15 is 0 Å². The number of aromatic nitrogens is 2. The molecule has 2 rings (SSSR count). The minimum atomic E-state index is 0.0762. The van der Waals surface area contributed by atoms with Crippen molar-refractivity contribution in [1.29, 1.82) is 0 Å². The van der Waals surface area contributed by atoms with E-state index in [1.807, 2.05) is 12.1 Å². The minimum Gasteiger partial charge on any atom is -0.480 e. The van der Waals surface area contributed by atoms with Crippen LogP contribution < -0.4 is 10.1 Å². The van der Waals surface area contributed by atoms with Gasteiger partial charge in [-0.2, -0.15) is 0 Å². The number of methoxy groups -OCH3 is 1. The van der Waals surface area contributed by atoms with Crippen LogP contribution in [0.3, 0.4) is 0 Å².